The van der Waals surface area contributed by atoms with Gasteiger partial charge in [0.1, 0.15) is 0 Å². The predicted octanol–water partition coefficient (Wildman–Crippen LogP) is 2.88. The third-order valence-electron chi connectivity index (χ3n) is 5.49. The first-order valence-electron chi connectivity index (χ1n) is 10.5. The Morgan fingerprint density at radius 1 is 1.16 bits per heavy atom. The maximum atomic E-state index is 12.9. The molecule has 1 aliphatic rings. The van der Waals surface area contributed by atoms with Crippen molar-refractivity contribution in [3.63, 3.8) is 0 Å². The second-order valence-electron chi connectivity index (χ2n) is 7.65. The van der Waals surface area contributed by atoms with Crippen LogP contribution < -0.4 is 4.90 Å². The summed E-state index contributed by atoms with van der Waals surface area (Å²) in [6, 6.07) is 14.4. The van der Waals surface area contributed by atoms with Gasteiger partial charge in [0.05, 0.1) is 12.1 Å². The Bertz CT molecular complexity index is 903. The Morgan fingerprint density at radius 2 is 1.78 bits per heavy atom. The molecule has 1 aliphatic heterocycles. The number of nitrogens with zero attached hydrogens (tertiary/aromatic N) is 2. The molecular formula is C22H30N2O6S2-2. The molecule has 1 fully saturated rings. The normalized spacial score (nSPS) is 16.1. The van der Waals surface area contributed by atoms with Gasteiger partial charge in [-0.15, -0.1) is 11.3 Å². The first-order chi connectivity index (χ1) is 15.2. The number of piperidine rings is 1. The summed E-state index contributed by atoms with van der Waals surface area (Å²) in [7, 11) is -3.43. The number of carbonyl (C=O) groups excluding carboxylic acids is 1. The lowest BCUT2D eigenvalue weighted by atomic mass is 9.85. The topological polar surface area (TPSA) is 113 Å². The van der Waals surface area contributed by atoms with Crippen molar-refractivity contribution < 1.29 is 27.1 Å². The molecule has 8 nitrogen and oxygen atoms in total. The molecule has 1 saturated heterocycles. The number of likely N-dealkylation sites (tertiary alicyclic amines) is 1. The van der Waals surface area contributed by atoms with E-state index in [9.17, 15) is 4.79 Å². The van der Waals surface area contributed by atoms with Crippen LogP contribution in [0, 0.1) is 0 Å². The van der Waals surface area contributed by atoms with Gasteiger partial charge in [-0.25, -0.2) is 0 Å². The van der Waals surface area contributed by atoms with Gasteiger partial charge in [-0.1, -0.05) is 31.2 Å². The largest absolute Gasteiger partial charge is 0.759 e. The summed E-state index contributed by atoms with van der Waals surface area (Å²) in [5.41, 5.74) is 0.719. The van der Waals surface area contributed by atoms with Gasteiger partial charge in [-0.3, -0.25) is 13.2 Å². The standard InChI is InChI=1S/C22H30N2O2S.H2O4S/c1-3-21(25)24(19-8-5-4-6-9-19)22(18-26-2)12-15-23(16-13-22)14-11-20-10-7-17-27-20;1-5(2,3)4/h4-10,17H,3,11-16,18H2,1-2H3;(H2,1,2,3,4)/p-2. The quantitative estimate of drug-likeness (QED) is 0.420. The SMILES string of the molecule is CCC(=O)N(c1ccccc1)C1(COC)CCN(CCc2cccs2)CC1.O=S(=O)([O-])[O-]. The van der Waals surface area contributed by atoms with Crippen LogP contribution >= 0.6 is 11.3 Å². The summed E-state index contributed by atoms with van der Waals surface area (Å²) < 4.78 is 39.7. The summed E-state index contributed by atoms with van der Waals surface area (Å²) in [6.07, 6.45) is 3.48. The summed E-state index contributed by atoms with van der Waals surface area (Å²) >= 11 is 1.83. The number of amides is 1. The minimum Gasteiger partial charge on any atom is -0.759 e. The molecular weight excluding hydrogens is 452 g/mol. The van der Waals surface area contributed by atoms with Crippen molar-refractivity contribution in [3.05, 3.63) is 52.7 Å². The van der Waals surface area contributed by atoms with Gasteiger partial charge in [-0.05, 0) is 42.8 Å². The summed E-state index contributed by atoms with van der Waals surface area (Å²) in [4.78, 5) is 18.9. The highest BCUT2D eigenvalue weighted by molar-refractivity contribution is 7.79. The molecule has 0 bridgehead atoms. The fourth-order valence-corrected chi connectivity index (χ4v) is 4.73. The number of hydrogen-bond donors (Lipinski definition) is 0. The molecule has 1 amide bonds. The molecule has 2 aromatic rings. The van der Waals surface area contributed by atoms with Crippen molar-refractivity contribution in [2.75, 3.05) is 38.3 Å². The van der Waals surface area contributed by atoms with Crippen LogP contribution in [0.4, 0.5) is 5.69 Å². The molecule has 0 unspecified atom stereocenters. The van der Waals surface area contributed by atoms with Crippen molar-refractivity contribution >= 4 is 33.3 Å². The molecule has 0 atom stereocenters. The van der Waals surface area contributed by atoms with Crippen LogP contribution in [0.25, 0.3) is 0 Å². The molecule has 0 spiro atoms. The van der Waals surface area contributed by atoms with Gasteiger partial charge < -0.3 is 23.6 Å². The molecule has 0 N–H and O–H groups in total. The first-order valence-corrected chi connectivity index (χ1v) is 12.7. The van der Waals surface area contributed by atoms with Gasteiger partial charge in [-0.2, -0.15) is 0 Å². The Balaban J connectivity index is 0.000000654. The van der Waals surface area contributed by atoms with E-state index in [1.165, 1.54) is 4.88 Å². The minimum absolute atomic E-state index is 0.172. The Hall–Kier alpha value is -1.82. The summed E-state index contributed by atoms with van der Waals surface area (Å²) in [5.74, 6) is 0.172. The van der Waals surface area contributed by atoms with E-state index in [-0.39, 0.29) is 11.4 Å². The number of benzene rings is 1. The highest BCUT2D eigenvalue weighted by Crippen LogP contribution is 2.34. The maximum absolute atomic E-state index is 12.9. The summed E-state index contributed by atoms with van der Waals surface area (Å²) in [5, 5.41) is 2.14. The van der Waals surface area contributed by atoms with Crippen molar-refractivity contribution in [1.29, 1.82) is 0 Å². The van der Waals surface area contributed by atoms with E-state index >= 15 is 0 Å². The van der Waals surface area contributed by atoms with Crippen molar-refractivity contribution in [1.82, 2.24) is 4.90 Å². The zero-order chi connectivity index (χ0) is 23.6. The molecule has 32 heavy (non-hydrogen) atoms. The van der Waals surface area contributed by atoms with E-state index in [4.69, 9.17) is 22.3 Å². The van der Waals surface area contributed by atoms with Gasteiger partial charge in [0, 0.05) is 54.1 Å². The number of para-hydroxylation sites is 1. The highest BCUT2D eigenvalue weighted by atomic mass is 32.3. The number of carbonyl (C=O) groups is 1. The zero-order valence-electron chi connectivity index (χ0n) is 18.4. The lowest BCUT2D eigenvalue weighted by Crippen LogP contribution is -2.60. The molecule has 1 aromatic heterocycles. The van der Waals surface area contributed by atoms with Gasteiger partial charge in [0.25, 0.3) is 0 Å². The third kappa shape index (κ3) is 8.27. The van der Waals surface area contributed by atoms with Crippen molar-refractivity contribution in [2.45, 2.75) is 38.1 Å². The van der Waals surface area contributed by atoms with E-state index < -0.39 is 10.4 Å². The van der Waals surface area contributed by atoms with Crippen molar-refractivity contribution in [3.8, 4) is 0 Å². The maximum Gasteiger partial charge on any atom is 0.227 e. The van der Waals surface area contributed by atoms with Crippen LogP contribution in [0.2, 0.25) is 0 Å². The van der Waals surface area contributed by atoms with Crippen LogP contribution in [-0.4, -0.2) is 67.2 Å². The highest BCUT2D eigenvalue weighted by Gasteiger charge is 2.42. The van der Waals surface area contributed by atoms with Crippen LogP contribution in [-0.2, 0) is 26.4 Å². The fourth-order valence-electron chi connectivity index (χ4n) is 4.03. The third-order valence-corrected chi connectivity index (χ3v) is 6.43. The molecule has 0 saturated carbocycles. The van der Waals surface area contributed by atoms with Crippen molar-refractivity contribution in [2.24, 2.45) is 0 Å². The second kappa shape index (κ2) is 12.4. The molecule has 178 valence electrons. The van der Waals surface area contributed by atoms with Gasteiger partial charge in [0.2, 0.25) is 5.91 Å². The van der Waals surface area contributed by atoms with E-state index in [1.54, 1.807) is 7.11 Å². The van der Waals surface area contributed by atoms with E-state index in [2.05, 4.69) is 22.4 Å². The Kier molecular flexibility index (Phi) is 10.3. The second-order valence-corrected chi connectivity index (χ2v) is 9.50. The monoisotopic (exact) mass is 482 g/mol. The smallest absolute Gasteiger partial charge is 0.227 e. The van der Waals surface area contributed by atoms with E-state index in [0.717, 1.165) is 44.6 Å². The summed E-state index contributed by atoms with van der Waals surface area (Å²) in [6.45, 7) is 5.59. The number of anilines is 1. The zero-order valence-corrected chi connectivity index (χ0v) is 20.1. The lowest BCUT2D eigenvalue weighted by Gasteiger charge is -2.48. The molecule has 2 heterocycles. The number of ether oxygens (including phenoxy) is 1. The Labute approximate surface area is 194 Å². The lowest BCUT2D eigenvalue weighted by molar-refractivity contribution is -0.120. The molecule has 10 heteroatoms. The average molecular weight is 483 g/mol. The molecule has 1 aromatic carbocycles. The molecule has 0 aliphatic carbocycles. The van der Waals surface area contributed by atoms with Crippen LogP contribution in [0.5, 0.6) is 0 Å². The number of methoxy groups -OCH3 is 1. The minimum atomic E-state index is -5.17. The fraction of sp³-hybridized carbons (Fsp3) is 0.500. The van der Waals surface area contributed by atoms with Gasteiger partial charge in [0.15, 0.2) is 0 Å². The van der Waals surface area contributed by atoms with Crippen LogP contribution in [0.3, 0.4) is 0 Å². The Morgan fingerprint density at radius 3 is 2.28 bits per heavy atom. The molecule has 3 rings (SSSR count). The number of hydrogen-bond acceptors (Lipinski definition) is 8. The number of thiophene rings is 1. The predicted molar refractivity (Wildman–Crippen MR) is 123 cm³/mol. The van der Waals surface area contributed by atoms with Crippen LogP contribution in [0.15, 0.2) is 47.8 Å². The van der Waals surface area contributed by atoms with Gasteiger partial charge >= 0.3 is 0 Å². The van der Waals surface area contributed by atoms with E-state index in [1.807, 2.05) is 53.5 Å². The molecule has 0 radical (unpaired) electrons. The first kappa shape index (κ1) is 26.4. The average Bonchev–Trinajstić information content (AvgIpc) is 3.27. The van der Waals surface area contributed by atoms with Crippen LogP contribution in [0.1, 0.15) is 31.1 Å². The van der Waals surface area contributed by atoms with E-state index in [0.29, 0.717) is 13.0 Å². The number of rotatable bonds is 8.